The van der Waals surface area contributed by atoms with Crippen LogP contribution in [0.25, 0.3) is 0 Å². The van der Waals surface area contributed by atoms with E-state index >= 15 is 0 Å². The molecule has 0 aliphatic carbocycles. The molecule has 1 saturated heterocycles. The van der Waals surface area contributed by atoms with E-state index in [4.69, 9.17) is 16.3 Å². The highest BCUT2D eigenvalue weighted by Crippen LogP contribution is 2.23. The smallest absolute Gasteiger partial charge is 0.263 e. The monoisotopic (exact) mass is 387 g/mol. The van der Waals surface area contributed by atoms with Crippen molar-refractivity contribution < 1.29 is 9.53 Å². The number of aromatic nitrogens is 1. The molecule has 1 amide bonds. The molecular formula is C21H26ClN3O2. The van der Waals surface area contributed by atoms with E-state index in [-0.39, 0.29) is 5.91 Å². The molecule has 0 radical (unpaired) electrons. The Morgan fingerprint density at radius 3 is 2.59 bits per heavy atom. The van der Waals surface area contributed by atoms with Gasteiger partial charge in [0.15, 0.2) is 5.60 Å². The average Bonchev–Trinajstić information content (AvgIpc) is 2.69. The lowest BCUT2D eigenvalue weighted by Gasteiger charge is -2.34. The van der Waals surface area contributed by atoms with Gasteiger partial charge in [0.1, 0.15) is 5.75 Å². The maximum absolute atomic E-state index is 12.6. The minimum atomic E-state index is -0.940. The van der Waals surface area contributed by atoms with Crippen LogP contribution in [0.1, 0.15) is 26.7 Å². The number of ether oxygens (including phenoxy) is 1. The summed E-state index contributed by atoms with van der Waals surface area (Å²) in [6.45, 7) is 6.20. The molecule has 1 aliphatic rings. The summed E-state index contributed by atoms with van der Waals surface area (Å²) in [5, 5.41) is 3.70. The van der Waals surface area contributed by atoms with Crippen molar-refractivity contribution in [2.75, 3.05) is 24.5 Å². The molecule has 1 N–H and O–H groups in total. The maximum atomic E-state index is 12.6. The fourth-order valence-corrected chi connectivity index (χ4v) is 3.36. The Hall–Kier alpha value is -2.27. The summed E-state index contributed by atoms with van der Waals surface area (Å²) in [7, 11) is 0. The highest BCUT2D eigenvalue weighted by atomic mass is 35.5. The second kappa shape index (κ2) is 8.61. The van der Waals surface area contributed by atoms with Crippen molar-refractivity contribution >= 4 is 23.2 Å². The fraction of sp³-hybridized carbons (Fsp3) is 0.429. The van der Waals surface area contributed by atoms with E-state index in [1.165, 1.54) is 0 Å². The van der Waals surface area contributed by atoms with Crippen LogP contribution < -0.4 is 15.0 Å². The molecule has 1 fully saturated rings. The van der Waals surface area contributed by atoms with Crippen molar-refractivity contribution in [3.05, 3.63) is 53.8 Å². The van der Waals surface area contributed by atoms with Gasteiger partial charge in [-0.05, 0) is 69.0 Å². The molecule has 1 aromatic carbocycles. The molecule has 6 heteroatoms. The summed E-state index contributed by atoms with van der Waals surface area (Å²) in [5.41, 5.74) is 0.224. The van der Waals surface area contributed by atoms with Gasteiger partial charge in [-0.3, -0.25) is 9.78 Å². The summed E-state index contributed by atoms with van der Waals surface area (Å²) < 4.78 is 5.85. The van der Waals surface area contributed by atoms with Gasteiger partial charge in [0.2, 0.25) is 0 Å². The topological polar surface area (TPSA) is 54.5 Å². The first-order valence-electron chi connectivity index (χ1n) is 9.32. The van der Waals surface area contributed by atoms with Gasteiger partial charge in [-0.25, -0.2) is 0 Å². The Balaban J connectivity index is 1.45. The van der Waals surface area contributed by atoms with E-state index in [0.29, 0.717) is 23.2 Å². The highest BCUT2D eigenvalue weighted by molar-refractivity contribution is 6.30. The second-order valence-corrected chi connectivity index (χ2v) is 7.85. The average molecular weight is 388 g/mol. The predicted molar refractivity (Wildman–Crippen MR) is 108 cm³/mol. The molecule has 0 atom stereocenters. The molecule has 27 heavy (non-hydrogen) atoms. The van der Waals surface area contributed by atoms with E-state index in [0.717, 1.165) is 31.6 Å². The number of nitrogens with zero attached hydrogens (tertiary/aromatic N) is 2. The van der Waals surface area contributed by atoms with Crippen LogP contribution in [0.15, 0.2) is 48.8 Å². The third-order valence-electron chi connectivity index (χ3n) is 4.91. The van der Waals surface area contributed by atoms with Crippen LogP contribution in [0.2, 0.25) is 5.02 Å². The molecule has 3 rings (SSSR count). The Morgan fingerprint density at radius 2 is 1.96 bits per heavy atom. The van der Waals surface area contributed by atoms with Crippen molar-refractivity contribution in [1.29, 1.82) is 0 Å². The van der Waals surface area contributed by atoms with Crippen LogP contribution in [0, 0.1) is 5.92 Å². The SMILES string of the molecule is CC(C)(Oc1ccc(Cl)cc1)C(=O)NCC1CCN(c2cccnc2)CC1. The predicted octanol–water partition coefficient (Wildman–Crippen LogP) is 3.93. The van der Waals surface area contributed by atoms with Gasteiger partial charge < -0.3 is 15.0 Å². The molecule has 144 valence electrons. The van der Waals surface area contributed by atoms with Gasteiger partial charge in [0.25, 0.3) is 5.91 Å². The van der Waals surface area contributed by atoms with Gasteiger partial charge >= 0.3 is 0 Å². The lowest BCUT2D eigenvalue weighted by Crippen LogP contribution is -2.48. The lowest BCUT2D eigenvalue weighted by molar-refractivity contribution is -0.134. The van der Waals surface area contributed by atoms with Gasteiger partial charge in [-0.1, -0.05) is 11.6 Å². The number of pyridine rings is 1. The van der Waals surface area contributed by atoms with E-state index in [2.05, 4.69) is 21.3 Å². The zero-order chi connectivity index (χ0) is 19.3. The molecule has 5 nitrogen and oxygen atoms in total. The van der Waals surface area contributed by atoms with Gasteiger partial charge in [0, 0.05) is 30.9 Å². The summed E-state index contributed by atoms with van der Waals surface area (Å²) in [4.78, 5) is 19.1. The molecule has 0 unspecified atom stereocenters. The van der Waals surface area contributed by atoms with Gasteiger partial charge in [0.05, 0.1) is 11.9 Å². The van der Waals surface area contributed by atoms with Crippen LogP contribution in [-0.2, 0) is 4.79 Å². The Kier molecular flexibility index (Phi) is 6.22. The molecule has 0 bridgehead atoms. The van der Waals surface area contributed by atoms with Crippen LogP contribution >= 0.6 is 11.6 Å². The lowest BCUT2D eigenvalue weighted by atomic mass is 9.96. The number of nitrogens with one attached hydrogen (secondary N) is 1. The Bertz CT molecular complexity index is 742. The third kappa shape index (κ3) is 5.36. The van der Waals surface area contributed by atoms with E-state index in [9.17, 15) is 4.79 Å². The number of hydrogen-bond acceptors (Lipinski definition) is 4. The highest BCUT2D eigenvalue weighted by Gasteiger charge is 2.30. The normalized spacial score (nSPS) is 15.4. The molecule has 0 spiro atoms. The van der Waals surface area contributed by atoms with E-state index < -0.39 is 5.60 Å². The Labute approximate surface area is 165 Å². The van der Waals surface area contributed by atoms with Crippen molar-refractivity contribution in [1.82, 2.24) is 10.3 Å². The Morgan fingerprint density at radius 1 is 1.26 bits per heavy atom. The molecule has 1 aliphatic heterocycles. The molecule has 2 heterocycles. The quantitative estimate of drug-likeness (QED) is 0.816. The minimum Gasteiger partial charge on any atom is -0.478 e. The summed E-state index contributed by atoms with van der Waals surface area (Å²) in [6, 6.07) is 11.1. The number of hydrogen-bond donors (Lipinski definition) is 1. The molecule has 2 aromatic rings. The first kappa shape index (κ1) is 19.5. The van der Waals surface area contributed by atoms with Crippen LogP contribution in [0.4, 0.5) is 5.69 Å². The number of carbonyl (C=O) groups excluding carboxylic acids is 1. The molecular weight excluding hydrogens is 362 g/mol. The minimum absolute atomic E-state index is 0.105. The number of carbonyl (C=O) groups is 1. The van der Waals surface area contributed by atoms with Crippen molar-refractivity contribution in [3.63, 3.8) is 0 Å². The number of amides is 1. The first-order chi connectivity index (χ1) is 12.9. The number of rotatable bonds is 6. The van der Waals surface area contributed by atoms with Crippen molar-refractivity contribution in [3.8, 4) is 5.75 Å². The van der Waals surface area contributed by atoms with Crippen LogP contribution in [0.5, 0.6) is 5.75 Å². The van der Waals surface area contributed by atoms with Gasteiger partial charge in [-0.15, -0.1) is 0 Å². The second-order valence-electron chi connectivity index (χ2n) is 7.42. The van der Waals surface area contributed by atoms with Crippen LogP contribution in [-0.4, -0.2) is 36.1 Å². The number of halogens is 1. The largest absolute Gasteiger partial charge is 0.478 e. The number of piperidine rings is 1. The zero-order valence-corrected chi connectivity index (χ0v) is 16.6. The standard InChI is InChI=1S/C21H26ClN3O2/c1-21(2,27-19-7-5-17(22)6-8-19)20(26)24-14-16-9-12-25(13-10-16)18-4-3-11-23-15-18/h3-8,11,15-16H,9-10,12-14H2,1-2H3,(H,24,26). The maximum Gasteiger partial charge on any atom is 0.263 e. The van der Waals surface area contributed by atoms with Crippen molar-refractivity contribution in [2.45, 2.75) is 32.3 Å². The fourth-order valence-electron chi connectivity index (χ4n) is 3.23. The summed E-state index contributed by atoms with van der Waals surface area (Å²) >= 11 is 5.89. The number of benzene rings is 1. The number of anilines is 1. The summed E-state index contributed by atoms with van der Waals surface area (Å²) in [6.07, 6.45) is 5.79. The molecule has 1 aromatic heterocycles. The van der Waals surface area contributed by atoms with Crippen molar-refractivity contribution in [2.24, 2.45) is 5.92 Å². The third-order valence-corrected chi connectivity index (χ3v) is 5.16. The van der Waals surface area contributed by atoms with E-state index in [1.807, 2.05) is 12.3 Å². The first-order valence-corrected chi connectivity index (χ1v) is 9.70. The van der Waals surface area contributed by atoms with Gasteiger partial charge in [-0.2, -0.15) is 0 Å². The van der Waals surface area contributed by atoms with Crippen LogP contribution in [0.3, 0.4) is 0 Å². The zero-order valence-electron chi connectivity index (χ0n) is 15.8. The van der Waals surface area contributed by atoms with E-state index in [1.54, 1.807) is 44.3 Å². The summed E-state index contributed by atoms with van der Waals surface area (Å²) in [5.74, 6) is 1.00. The molecule has 0 saturated carbocycles.